The van der Waals surface area contributed by atoms with Crippen LogP contribution < -0.4 is 0 Å². The first kappa shape index (κ1) is 19.7. The zero-order valence-corrected chi connectivity index (χ0v) is 11.5. The van der Waals surface area contributed by atoms with Gasteiger partial charge in [-0.2, -0.15) is 0 Å². The van der Waals surface area contributed by atoms with Gasteiger partial charge in [-0.3, -0.25) is 0 Å². The topological polar surface area (TPSA) is 82.1 Å². The van der Waals surface area contributed by atoms with Gasteiger partial charge in [-0.25, -0.2) is 9.59 Å². The molecule has 0 spiro atoms. The molecule has 110 valence electrons. The third kappa shape index (κ3) is 18.9. The standard InChI is InChI=1S/C9H16O4.C4H6O2/c1-3-9(10)13-8-7-12-6-5-11-4-2;1-3(2)4(5)6/h3H,1,4-8H2,2H3;1H2,2H3,(H,5,6). The molecule has 0 aromatic heterocycles. The summed E-state index contributed by atoms with van der Waals surface area (Å²) in [4.78, 5) is 20.1. The zero-order valence-electron chi connectivity index (χ0n) is 11.5. The first-order valence-corrected chi connectivity index (χ1v) is 5.79. The molecule has 0 unspecified atom stereocenters. The number of hydrogen-bond donors (Lipinski definition) is 1. The quantitative estimate of drug-likeness (QED) is 0.389. The van der Waals surface area contributed by atoms with Crippen LogP contribution in [0.4, 0.5) is 0 Å². The molecule has 6 nitrogen and oxygen atoms in total. The second-order valence-electron chi connectivity index (χ2n) is 3.27. The summed E-state index contributed by atoms with van der Waals surface area (Å²) in [7, 11) is 0. The van der Waals surface area contributed by atoms with E-state index in [4.69, 9.17) is 14.6 Å². The van der Waals surface area contributed by atoms with E-state index in [1.54, 1.807) is 0 Å². The van der Waals surface area contributed by atoms with E-state index in [0.717, 1.165) is 6.08 Å². The molecule has 0 heterocycles. The summed E-state index contributed by atoms with van der Waals surface area (Å²) in [5, 5.41) is 7.89. The molecule has 0 rings (SSSR count). The maximum Gasteiger partial charge on any atom is 0.330 e. The number of ether oxygens (including phenoxy) is 3. The van der Waals surface area contributed by atoms with Gasteiger partial charge in [0, 0.05) is 18.3 Å². The van der Waals surface area contributed by atoms with Crippen LogP contribution in [0.2, 0.25) is 0 Å². The molecule has 0 saturated carbocycles. The molecule has 0 saturated heterocycles. The van der Waals surface area contributed by atoms with Crippen LogP contribution in [0.5, 0.6) is 0 Å². The smallest absolute Gasteiger partial charge is 0.330 e. The summed E-state index contributed by atoms with van der Waals surface area (Å²) in [6.07, 6.45) is 1.13. The number of carbonyl (C=O) groups is 2. The Kier molecular flexibility index (Phi) is 14.9. The summed E-state index contributed by atoms with van der Waals surface area (Å²) in [5.74, 6) is -1.36. The Balaban J connectivity index is 0. The Morgan fingerprint density at radius 1 is 1.16 bits per heavy atom. The van der Waals surface area contributed by atoms with Gasteiger partial charge in [0.1, 0.15) is 6.61 Å². The van der Waals surface area contributed by atoms with E-state index in [9.17, 15) is 9.59 Å². The second kappa shape index (κ2) is 14.4. The van der Waals surface area contributed by atoms with Crippen LogP contribution in [0, 0.1) is 0 Å². The zero-order chi connectivity index (χ0) is 15.1. The third-order valence-corrected chi connectivity index (χ3v) is 1.58. The lowest BCUT2D eigenvalue weighted by atomic mass is 10.4. The van der Waals surface area contributed by atoms with Crippen LogP contribution in [-0.2, 0) is 23.8 Å². The van der Waals surface area contributed by atoms with E-state index in [0.29, 0.717) is 26.4 Å². The molecule has 0 fully saturated rings. The van der Waals surface area contributed by atoms with E-state index in [1.165, 1.54) is 6.92 Å². The van der Waals surface area contributed by atoms with Crippen molar-refractivity contribution in [3.63, 3.8) is 0 Å². The molecular weight excluding hydrogens is 252 g/mol. The predicted octanol–water partition coefficient (Wildman–Crippen LogP) is 1.42. The molecule has 1 N–H and O–H groups in total. The van der Waals surface area contributed by atoms with Gasteiger partial charge in [-0.1, -0.05) is 13.2 Å². The Labute approximate surface area is 113 Å². The van der Waals surface area contributed by atoms with Crippen LogP contribution in [0.1, 0.15) is 13.8 Å². The van der Waals surface area contributed by atoms with E-state index in [1.807, 2.05) is 6.92 Å². The van der Waals surface area contributed by atoms with Crippen molar-refractivity contribution < 1.29 is 28.9 Å². The van der Waals surface area contributed by atoms with Gasteiger partial charge >= 0.3 is 11.9 Å². The Morgan fingerprint density at radius 2 is 1.63 bits per heavy atom. The van der Waals surface area contributed by atoms with Gasteiger partial charge in [0.2, 0.25) is 0 Å². The van der Waals surface area contributed by atoms with Crippen LogP contribution in [0.25, 0.3) is 0 Å². The fourth-order valence-corrected chi connectivity index (χ4v) is 0.624. The maximum absolute atomic E-state index is 10.5. The van der Waals surface area contributed by atoms with Crippen molar-refractivity contribution in [3.8, 4) is 0 Å². The first-order chi connectivity index (χ1) is 8.95. The number of carbonyl (C=O) groups excluding carboxylic acids is 1. The molecule has 0 bridgehead atoms. The predicted molar refractivity (Wildman–Crippen MR) is 70.9 cm³/mol. The lowest BCUT2D eigenvalue weighted by Crippen LogP contribution is -2.11. The summed E-state index contributed by atoms with van der Waals surface area (Å²) < 4.78 is 14.8. The minimum Gasteiger partial charge on any atom is -0.478 e. The highest BCUT2D eigenvalue weighted by atomic mass is 16.6. The van der Waals surface area contributed by atoms with Gasteiger partial charge in [0.15, 0.2) is 0 Å². The average Bonchev–Trinajstić information content (AvgIpc) is 2.38. The van der Waals surface area contributed by atoms with Gasteiger partial charge in [0.05, 0.1) is 19.8 Å². The fraction of sp³-hybridized carbons (Fsp3) is 0.538. The molecule has 0 radical (unpaired) electrons. The summed E-state index contributed by atoms with van der Waals surface area (Å²) >= 11 is 0. The van der Waals surface area contributed by atoms with E-state index in [-0.39, 0.29) is 12.2 Å². The molecule has 0 atom stereocenters. The molecule has 0 amide bonds. The van der Waals surface area contributed by atoms with Gasteiger partial charge in [0.25, 0.3) is 0 Å². The van der Waals surface area contributed by atoms with E-state index < -0.39 is 11.9 Å². The molecule has 0 aliphatic carbocycles. The normalized spacial score (nSPS) is 8.95. The molecular formula is C13H22O6. The minimum atomic E-state index is -0.935. The average molecular weight is 274 g/mol. The SMILES string of the molecule is C=C(C)C(=O)O.C=CC(=O)OCCOCCOCC. The van der Waals surface area contributed by atoms with Crippen LogP contribution in [0.15, 0.2) is 24.8 Å². The summed E-state index contributed by atoms with van der Waals surface area (Å²) in [6.45, 7) is 12.2. The van der Waals surface area contributed by atoms with Crippen molar-refractivity contribution in [3.05, 3.63) is 24.8 Å². The van der Waals surface area contributed by atoms with E-state index >= 15 is 0 Å². The van der Waals surface area contributed by atoms with Crippen LogP contribution in [0.3, 0.4) is 0 Å². The van der Waals surface area contributed by atoms with Gasteiger partial charge < -0.3 is 19.3 Å². The highest BCUT2D eigenvalue weighted by Gasteiger charge is 1.94. The van der Waals surface area contributed by atoms with Crippen LogP contribution >= 0.6 is 0 Å². The summed E-state index contributed by atoms with van der Waals surface area (Å²) in [6, 6.07) is 0. The van der Waals surface area contributed by atoms with Crippen molar-refractivity contribution in [2.24, 2.45) is 0 Å². The molecule has 0 aromatic carbocycles. The van der Waals surface area contributed by atoms with Crippen LogP contribution in [-0.4, -0.2) is 50.1 Å². The third-order valence-electron chi connectivity index (χ3n) is 1.58. The number of carboxylic acid groups (broad SMARTS) is 1. The maximum atomic E-state index is 10.5. The number of rotatable bonds is 9. The molecule has 0 aliphatic heterocycles. The van der Waals surface area contributed by atoms with Gasteiger partial charge in [-0.05, 0) is 13.8 Å². The van der Waals surface area contributed by atoms with Crippen molar-refractivity contribution in [2.75, 3.05) is 33.0 Å². The first-order valence-electron chi connectivity index (χ1n) is 5.79. The van der Waals surface area contributed by atoms with Crippen molar-refractivity contribution >= 4 is 11.9 Å². The van der Waals surface area contributed by atoms with E-state index in [2.05, 4.69) is 17.9 Å². The highest BCUT2D eigenvalue weighted by molar-refractivity contribution is 5.84. The largest absolute Gasteiger partial charge is 0.478 e. The number of aliphatic carboxylic acids is 1. The van der Waals surface area contributed by atoms with Crippen molar-refractivity contribution in [2.45, 2.75) is 13.8 Å². The lowest BCUT2D eigenvalue weighted by Gasteiger charge is -2.04. The Hall–Kier alpha value is -1.66. The van der Waals surface area contributed by atoms with Crippen molar-refractivity contribution in [1.29, 1.82) is 0 Å². The monoisotopic (exact) mass is 274 g/mol. The number of carboxylic acids is 1. The second-order valence-corrected chi connectivity index (χ2v) is 3.27. The Morgan fingerprint density at radius 3 is 2.05 bits per heavy atom. The number of esters is 1. The van der Waals surface area contributed by atoms with Crippen molar-refractivity contribution in [1.82, 2.24) is 0 Å². The lowest BCUT2D eigenvalue weighted by molar-refractivity contribution is -0.139. The molecule has 0 aliphatic rings. The summed E-state index contributed by atoms with van der Waals surface area (Å²) in [5.41, 5.74) is 0.176. The fourth-order valence-electron chi connectivity index (χ4n) is 0.624. The molecule has 6 heteroatoms. The minimum absolute atomic E-state index is 0.176. The molecule has 0 aromatic rings. The van der Waals surface area contributed by atoms with Gasteiger partial charge in [-0.15, -0.1) is 0 Å². The highest BCUT2D eigenvalue weighted by Crippen LogP contribution is 1.82. The molecule has 19 heavy (non-hydrogen) atoms. The number of hydrogen-bond acceptors (Lipinski definition) is 5. The Bertz CT molecular complexity index is 273.